The first-order valence-corrected chi connectivity index (χ1v) is 8.64. The van der Waals surface area contributed by atoms with E-state index in [0.717, 1.165) is 38.0 Å². The monoisotopic (exact) mass is 292 g/mol. The summed E-state index contributed by atoms with van der Waals surface area (Å²) in [5.74, 6) is 1.89. The molecule has 3 saturated carbocycles. The van der Waals surface area contributed by atoms with Crippen LogP contribution in [0.3, 0.4) is 0 Å². The Balaban J connectivity index is 1.55. The zero-order valence-electron chi connectivity index (χ0n) is 13.3. The van der Waals surface area contributed by atoms with Crippen LogP contribution in [0.15, 0.2) is 0 Å². The highest BCUT2D eigenvalue weighted by Crippen LogP contribution is 2.59. The molecule has 3 unspecified atom stereocenters. The summed E-state index contributed by atoms with van der Waals surface area (Å²) in [6.07, 6.45) is 6.25. The number of nitrogens with two attached hydrogens (primary N) is 1. The van der Waals surface area contributed by atoms with E-state index >= 15 is 0 Å². The minimum absolute atomic E-state index is 0.176. The summed E-state index contributed by atoms with van der Waals surface area (Å²) in [4.78, 5) is 15.4. The van der Waals surface area contributed by atoms with Crippen molar-refractivity contribution < 1.29 is 9.53 Å². The molecule has 0 bridgehead atoms. The first kappa shape index (κ1) is 14.0. The van der Waals surface area contributed by atoms with E-state index in [1.54, 1.807) is 0 Å². The Morgan fingerprint density at radius 3 is 2.24 bits per heavy atom. The van der Waals surface area contributed by atoms with Gasteiger partial charge in [-0.15, -0.1) is 0 Å². The molecule has 0 spiro atoms. The zero-order valence-corrected chi connectivity index (χ0v) is 13.3. The first-order chi connectivity index (χ1) is 9.94. The molecule has 21 heavy (non-hydrogen) atoms. The molecule has 4 nitrogen and oxygen atoms in total. The van der Waals surface area contributed by atoms with E-state index in [1.807, 2.05) is 0 Å². The van der Waals surface area contributed by atoms with Crippen molar-refractivity contribution in [2.24, 2.45) is 28.9 Å². The molecule has 4 rings (SSSR count). The lowest BCUT2D eigenvalue weighted by molar-refractivity contribution is -0.184. The van der Waals surface area contributed by atoms with E-state index in [0.29, 0.717) is 0 Å². The number of fused-ring (bicyclic) bond motifs is 1. The van der Waals surface area contributed by atoms with Gasteiger partial charge >= 0.3 is 0 Å². The minimum Gasteiger partial charge on any atom is -0.377 e. The molecular formula is C17H28N2O2. The summed E-state index contributed by atoms with van der Waals surface area (Å²) in [5, 5.41) is 0. The number of rotatable bonds is 5. The van der Waals surface area contributed by atoms with Gasteiger partial charge in [0, 0.05) is 31.0 Å². The van der Waals surface area contributed by atoms with Gasteiger partial charge < -0.3 is 15.4 Å². The molecular weight excluding hydrogens is 264 g/mol. The Kier molecular flexibility index (Phi) is 2.97. The highest BCUT2D eigenvalue weighted by Gasteiger charge is 2.72. The van der Waals surface area contributed by atoms with Gasteiger partial charge in [0.1, 0.15) is 5.54 Å². The van der Waals surface area contributed by atoms with E-state index < -0.39 is 5.54 Å². The molecule has 0 aromatic carbocycles. The number of nitrogens with zero attached hydrogens (tertiary/aromatic N) is 1. The third-order valence-corrected chi connectivity index (χ3v) is 6.45. The second-order valence-electron chi connectivity index (χ2n) is 8.37. The average Bonchev–Trinajstić information content (AvgIpc) is 3.37. The summed E-state index contributed by atoms with van der Waals surface area (Å²) in [6, 6.07) is 0. The molecule has 1 heterocycles. The Morgan fingerprint density at radius 2 is 1.71 bits per heavy atom. The molecule has 4 aliphatic rings. The van der Waals surface area contributed by atoms with Gasteiger partial charge in [0.25, 0.3) is 0 Å². The highest BCUT2D eigenvalue weighted by atomic mass is 16.5. The summed E-state index contributed by atoms with van der Waals surface area (Å²) in [7, 11) is 0. The second-order valence-corrected chi connectivity index (χ2v) is 8.37. The highest BCUT2D eigenvalue weighted by molar-refractivity contribution is 5.89. The van der Waals surface area contributed by atoms with Crippen molar-refractivity contribution in [2.75, 3.05) is 19.7 Å². The van der Waals surface area contributed by atoms with E-state index in [1.165, 1.54) is 25.7 Å². The lowest BCUT2D eigenvalue weighted by Crippen LogP contribution is -2.80. The maximum absolute atomic E-state index is 13.3. The maximum Gasteiger partial charge on any atom is 0.243 e. The normalized spacial score (nSPS) is 40.5. The molecule has 1 aliphatic heterocycles. The molecule has 0 radical (unpaired) electrons. The van der Waals surface area contributed by atoms with Crippen LogP contribution in [0.2, 0.25) is 0 Å². The first-order valence-electron chi connectivity index (χ1n) is 8.64. The van der Waals surface area contributed by atoms with Crippen LogP contribution in [0.1, 0.15) is 46.0 Å². The average molecular weight is 292 g/mol. The molecule has 3 aliphatic carbocycles. The summed E-state index contributed by atoms with van der Waals surface area (Å²) < 4.78 is 5.83. The van der Waals surface area contributed by atoms with Gasteiger partial charge in [0.2, 0.25) is 5.91 Å². The Bertz CT molecular complexity index is 442. The van der Waals surface area contributed by atoms with Crippen molar-refractivity contribution in [3.05, 3.63) is 0 Å². The molecule has 0 aromatic rings. The van der Waals surface area contributed by atoms with Crippen molar-refractivity contribution in [3.8, 4) is 0 Å². The molecule has 1 saturated heterocycles. The SMILES string of the molecule is CC1(C)C2OCCC2C1(N)C(=O)N(CC1CC1)CC1CC1. The number of ether oxygens (including phenoxy) is 1. The third kappa shape index (κ3) is 1.98. The standard InChI is InChI=1S/C17H28N2O2/c1-16(2)14-13(7-8-21-14)17(16,18)15(20)19(9-11-3-4-11)10-12-5-6-12/h11-14H,3-10,18H2,1-2H3. The largest absolute Gasteiger partial charge is 0.377 e. The Labute approximate surface area is 127 Å². The van der Waals surface area contributed by atoms with Gasteiger partial charge in [0.05, 0.1) is 6.10 Å². The fourth-order valence-corrected chi connectivity index (χ4v) is 4.54. The molecule has 1 amide bonds. The number of amides is 1. The lowest BCUT2D eigenvalue weighted by atomic mass is 9.47. The summed E-state index contributed by atoms with van der Waals surface area (Å²) in [6.45, 7) is 6.86. The smallest absolute Gasteiger partial charge is 0.243 e. The van der Waals surface area contributed by atoms with E-state index in [4.69, 9.17) is 10.5 Å². The molecule has 2 N–H and O–H groups in total. The van der Waals surface area contributed by atoms with Gasteiger partial charge in [0.15, 0.2) is 0 Å². The van der Waals surface area contributed by atoms with Crippen molar-refractivity contribution in [1.82, 2.24) is 4.90 Å². The zero-order chi connectivity index (χ0) is 14.8. The van der Waals surface area contributed by atoms with Crippen molar-refractivity contribution in [3.63, 3.8) is 0 Å². The summed E-state index contributed by atoms with van der Waals surface area (Å²) in [5.41, 5.74) is 5.78. The molecule has 3 atom stereocenters. The number of carbonyl (C=O) groups excluding carboxylic acids is 1. The minimum atomic E-state index is -0.710. The van der Waals surface area contributed by atoms with Crippen LogP contribution < -0.4 is 5.73 Å². The van der Waals surface area contributed by atoms with Gasteiger partial charge in [-0.2, -0.15) is 0 Å². The van der Waals surface area contributed by atoms with Crippen LogP contribution >= 0.6 is 0 Å². The van der Waals surface area contributed by atoms with Crippen LogP contribution in [0.4, 0.5) is 0 Å². The quantitative estimate of drug-likeness (QED) is 0.840. The van der Waals surface area contributed by atoms with Crippen LogP contribution in [0.25, 0.3) is 0 Å². The molecule has 4 heteroatoms. The van der Waals surface area contributed by atoms with E-state index in [9.17, 15) is 4.79 Å². The van der Waals surface area contributed by atoms with E-state index in [2.05, 4.69) is 18.7 Å². The molecule has 4 fully saturated rings. The third-order valence-electron chi connectivity index (χ3n) is 6.45. The number of hydrogen-bond acceptors (Lipinski definition) is 3. The Hall–Kier alpha value is -0.610. The fraction of sp³-hybridized carbons (Fsp3) is 0.941. The molecule has 0 aromatic heterocycles. The lowest BCUT2D eigenvalue weighted by Gasteiger charge is -2.61. The van der Waals surface area contributed by atoms with Gasteiger partial charge in [-0.05, 0) is 43.9 Å². The number of hydrogen-bond donors (Lipinski definition) is 1. The maximum atomic E-state index is 13.3. The second kappa shape index (κ2) is 4.45. The molecule has 118 valence electrons. The predicted octanol–water partition coefficient (Wildman–Crippen LogP) is 1.78. The van der Waals surface area contributed by atoms with Crippen molar-refractivity contribution in [1.29, 1.82) is 0 Å². The topological polar surface area (TPSA) is 55.6 Å². The van der Waals surface area contributed by atoms with Crippen LogP contribution in [-0.2, 0) is 9.53 Å². The van der Waals surface area contributed by atoms with Crippen molar-refractivity contribution >= 4 is 5.91 Å². The van der Waals surface area contributed by atoms with Crippen molar-refractivity contribution in [2.45, 2.75) is 57.6 Å². The van der Waals surface area contributed by atoms with Gasteiger partial charge in [-0.25, -0.2) is 0 Å². The van der Waals surface area contributed by atoms with Crippen LogP contribution in [-0.4, -0.2) is 42.1 Å². The van der Waals surface area contributed by atoms with Gasteiger partial charge in [-0.1, -0.05) is 13.8 Å². The van der Waals surface area contributed by atoms with Gasteiger partial charge in [-0.3, -0.25) is 4.79 Å². The Morgan fingerprint density at radius 1 is 1.14 bits per heavy atom. The number of carbonyl (C=O) groups is 1. The fourth-order valence-electron chi connectivity index (χ4n) is 4.54. The summed E-state index contributed by atoms with van der Waals surface area (Å²) >= 11 is 0. The predicted molar refractivity (Wildman–Crippen MR) is 80.6 cm³/mol. The van der Waals surface area contributed by atoms with Crippen LogP contribution in [0.5, 0.6) is 0 Å². The van der Waals surface area contributed by atoms with Crippen LogP contribution in [0, 0.1) is 23.2 Å². The van der Waals surface area contributed by atoms with E-state index in [-0.39, 0.29) is 23.3 Å².